The van der Waals surface area contributed by atoms with Crippen molar-refractivity contribution >= 4 is 70.1 Å². The molecule has 0 fully saturated rings. The number of allylic oxidation sites excluding steroid dienone is 1. The number of benzene rings is 1. The van der Waals surface area contributed by atoms with E-state index in [4.69, 9.17) is 0 Å². The average Bonchev–Trinajstić information content (AvgIpc) is 3.39. The normalized spacial score (nSPS) is 15.5. The van der Waals surface area contributed by atoms with Gasteiger partial charge in [-0.15, -0.1) is 0 Å². The van der Waals surface area contributed by atoms with Crippen molar-refractivity contribution in [2.45, 2.75) is 0 Å². The minimum Gasteiger partial charge on any atom is -0.366 e. The largest absolute Gasteiger partial charge is 0.366 e. The smallest absolute Gasteiger partial charge is 0.140 e. The first-order valence-electron chi connectivity index (χ1n) is 8.97. The third-order valence-electron chi connectivity index (χ3n) is 5.04. The van der Waals surface area contributed by atoms with Crippen LogP contribution < -0.4 is 15.5 Å². The Hall–Kier alpha value is -2.54. The molecule has 2 aliphatic rings. The predicted molar refractivity (Wildman–Crippen MR) is 129 cm³/mol. The Kier molecular flexibility index (Phi) is 4.93. The molecule has 3 aromatic rings. The zero-order valence-corrected chi connectivity index (χ0v) is 20.1. The Morgan fingerprint density at radius 3 is 2.80 bits per heavy atom. The standard InChI is InChI=1S/C21H13Br3N6/c22-16-3-18(24)19(4-17(16)23)30-9-14-12(5-25)7-28-21(15(14)10-30)29-20-13-8-26-6-11(13)1-2-27-20/h1-4,6-9,26,28H,10H2,(H,27,29). The van der Waals surface area contributed by atoms with E-state index in [0.717, 1.165) is 52.7 Å². The summed E-state index contributed by atoms with van der Waals surface area (Å²) in [5.74, 6) is 1.57. The van der Waals surface area contributed by atoms with Gasteiger partial charge in [-0.25, -0.2) is 4.98 Å². The number of nitrogens with one attached hydrogen (secondary N) is 3. The van der Waals surface area contributed by atoms with Crippen LogP contribution in [-0.4, -0.2) is 16.5 Å². The van der Waals surface area contributed by atoms with Gasteiger partial charge in [0.2, 0.25) is 0 Å². The molecule has 0 radical (unpaired) electrons. The third kappa shape index (κ3) is 3.25. The summed E-state index contributed by atoms with van der Waals surface area (Å²) < 4.78 is 2.88. The molecule has 30 heavy (non-hydrogen) atoms. The first-order valence-corrected chi connectivity index (χ1v) is 11.4. The molecule has 0 saturated heterocycles. The molecular formula is C21H13Br3N6. The Balaban J connectivity index is 1.56. The summed E-state index contributed by atoms with van der Waals surface area (Å²) in [5, 5.41) is 18.4. The van der Waals surface area contributed by atoms with Crippen LogP contribution in [0.15, 0.2) is 85.1 Å². The van der Waals surface area contributed by atoms with Gasteiger partial charge in [-0.2, -0.15) is 5.26 Å². The lowest BCUT2D eigenvalue weighted by Crippen LogP contribution is -2.24. The molecule has 0 saturated carbocycles. The van der Waals surface area contributed by atoms with E-state index in [1.54, 1.807) is 12.4 Å². The van der Waals surface area contributed by atoms with E-state index in [-0.39, 0.29) is 0 Å². The maximum absolute atomic E-state index is 9.62. The Bertz CT molecular complexity index is 1330. The average molecular weight is 589 g/mol. The molecule has 4 heterocycles. The molecule has 2 aromatic heterocycles. The lowest BCUT2D eigenvalue weighted by atomic mass is 10.00. The zero-order chi connectivity index (χ0) is 20.8. The molecule has 0 amide bonds. The molecule has 0 bridgehead atoms. The van der Waals surface area contributed by atoms with Crippen molar-refractivity contribution in [3.8, 4) is 6.07 Å². The van der Waals surface area contributed by atoms with E-state index < -0.39 is 0 Å². The van der Waals surface area contributed by atoms with Crippen LogP contribution in [0.3, 0.4) is 0 Å². The van der Waals surface area contributed by atoms with E-state index in [2.05, 4.69) is 79.4 Å². The second-order valence-corrected chi connectivity index (χ2v) is 9.36. The fraction of sp³-hybridized carbons (Fsp3) is 0.0476. The number of pyridine rings is 1. The number of hydrogen-bond acceptors (Lipinski definition) is 5. The number of dihydropyridines is 1. The van der Waals surface area contributed by atoms with Crippen molar-refractivity contribution in [1.82, 2.24) is 15.3 Å². The summed E-state index contributed by atoms with van der Waals surface area (Å²) in [7, 11) is 0. The van der Waals surface area contributed by atoms with Gasteiger partial charge >= 0.3 is 0 Å². The first kappa shape index (κ1) is 19.4. The summed E-state index contributed by atoms with van der Waals surface area (Å²) >= 11 is 10.8. The second-order valence-electron chi connectivity index (χ2n) is 6.80. The summed E-state index contributed by atoms with van der Waals surface area (Å²) in [4.78, 5) is 9.74. The van der Waals surface area contributed by atoms with Crippen molar-refractivity contribution in [1.29, 1.82) is 5.26 Å². The highest BCUT2D eigenvalue weighted by Gasteiger charge is 2.29. The number of H-pyrrole nitrogens is 1. The SMILES string of the molecule is N#CC1=CNC(Nc2nccc3c[nH]cc23)=C2CN(c3cc(Br)c(Br)cc3Br)C=C12. The molecule has 0 spiro atoms. The topological polar surface area (TPSA) is 79.8 Å². The minimum atomic E-state index is 0.596. The van der Waals surface area contributed by atoms with Crippen molar-refractivity contribution in [3.05, 3.63) is 85.1 Å². The number of halogens is 3. The second kappa shape index (κ2) is 7.61. The monoisotopic (exact) mass is 586 g/mol. The Morgan fingerprint density at radius 1 is 1.13 bits per heavy atom. The molecular weight excluding hydrogens is 576 g/mol. The van der Waals surface area contributed by atoms with Crippen LogP contribution in [0.1, 0.15) is 0 Å². The molecule has 0 aliphatic carbocycles. The minimum absolute atomic E-state index is 0.596. The van der Waals surface area contributed by atoms with E-state index in [1.165, 1.54) is 0 Å². The summed E-state index contributed by atoms with van der Waals surface area (Å²) in [5.41, 5.74) is 3.50. The predicted octanol–water partition coefficient (Wildman–Crippen LogP) is 5.89. The number of hydrogen-bond donors (Lipinski definition) is 3. The van der Waals surface area contributed by atoms with Crippen LogP contribution >= 0.6 is 47.8 Å². The maximum atomic E-state index is 9.62. The van der Waals surface area contributed by atoms with Crippen molar-refractivity contribution in [2.24, 2.45) is 0 Å². The Morgan fingerprint density at radius 2 is 1.97 bits per heavy atom. The van der Waals surface area contributed by atoms with Gasteiger partial charge in [0, 0.05) is 66.3 Å². The third-order valence-corrected chi connectivity index (χ3v) is 7.52. The van der Waals surface area contributed by atoms with Gasteiger partial charge in [0.1, 0.15) is 17.7 Å². The number of aromatic nitrogens is 2. The van der Waals surface area contributed by atoms with Crippen LogP contribution in [0.2, 0.25) is 0 Å². The number of rotatable bonds is 3. The molecule has 148 valence electrons. The lowest BCUT2D eigenvalue weighted by molar-refractivity contribution is 0.970. The van der Waals surface area contributed by atoms with Crippen LogP contribution in [0.5, 0.6) is 0 Å². The number of anilines is 2. The fourth-order valence-corrected chi connectivity index (χ4v) is 5.13. The Labute approximate surface area is 197 Å². The number of nitriles is 1. The molecule has 1 aromatic carbocycles. The van der Waals surface area contributed by atoms with Crippen molar-refractivity contribution in [2.75, 3.05) is 16.8 Å². The lowest BCUT2D eigenvalue weighted by Gasteiger charge is -2.21. The van der Waals surface area contributed by atoms with Gasteiger partial charge in [-0.1, -0.05) is 0 Å². The number of aromatic amines is 1. The van der Waals surface area contributed by atoms with E-state index >= 15 is 0 Å². The molecule has 2 aliphatic heterocycles. The van der Waals surface area contributed by atoms with E-state index in [0.29, 0.717) is 12.1 Å². The highest BCUT2D eigenvalue weighted by Crippen LogP contribution is 2.40. The summed E-state index contributed by atoms with van der Waals surface area (Å²) in [6, 6.07) is 8.29. The zero-order valence-electron chi connectivity index (χ0n) is 15.3. The van der Waals surface area contributed by atoms with Gasteiger partial charge in [0.05, 0.1) is 17.8 Å². The van der Waals surface area contributed by atoms with E-state index in [9.17, 15) is 5.26 Å². The molecule has 0 atom stereocenters. The van der Waals surface area contributed by atoms with Gasteiger partial charge in [0.25, 0.3) is 0 Å². The first-order chi connectivity index (χ1) is 14.5. The number of nitrogens with zero attached hydrogens (tertiary/aromatic N) is 3. The van der Waals surface area contributed by atoms with Gasteiger partial charge in [-0.05, 0) is 66.0 Å². The molecule has 3 N–H and O–H groups in total. The molecule has 6 nitrogen and oxygen atoms in total. The van der Waals surface area contributed by atoms with Crippen molar-refractivity contribution in [3.63, 3.8) is 0 Å². The molecule has 0 unspecified atom stereocenters. The maximum Gasteiger partial charge on any atom is 0.140 e. The molecule has 5 rings (SSSR count). The highest BCUT2D eigenvalue weighted by molar-refractivity contribution is 9.13. The summed E-state index contributed by atoms with van der Waals surface area (Å²) in [6.07, 6.45) is 9.37. The van der Waals surface area contributed by atoms with Crippen LogP contribution in [0.4, 0.5) is 11.5 Å². The fourth-order valence-electron chi connectivity index (χ4n) is 3.58. The van der Waals surface area contributed by atoms with Crippen molar-refractivity contribution < 1.29 is 0 Å². The molecule has 9 heteroatoms. The van der Waals surface area contributed by atoms with Gasteiger partial charge in [-0.3, -0.25) is 0 Å². The van der Waals surface area contributed by atoms with Crippen LogP contribution in [-0.2, 0) is 0 Å². The van der Waals surface area contributed by atoms with Crippen LogP contribution in [0.25, 0.3) is 10.8 Å². The van der Waals surface area contributed by atoms with Gasteiger partial charge < -0.3 is 20.5 Å². The summed E-state index contributed by atoms with van der Waals surface area (Å²) in [6.45, 7) is 0.611. The number of fused-ring (bicyclic) bond motifs is 2. The van der Waals surface area contributed by atoms with Crippen LogP contribution in [0, 0.1) is 11.3 Å². The van der Waals surface area contributed by atoms with E-state index in [1.807, 2.05) is 36.8 Å². The van der Waals surface area contributed by atoms with Gasteiger partial charge in [0.15, 0.2) is 0 Å². The quantitative estimate of drug-likeness (QED) is 0.333. The highest BCUT2D eigenvalue weighted by atomic mass is 79.9.